The van der Waals surface area contributed by atoms with E-state index in [4.69, 9.17) is 15.7 Å². The van der Waals surface area contributed by atoms with Crippen LogP contribution in [-0.4, -0.2) is 24.7 Å². The molecule has 3 aliphatic carbocycles. The number of aryl methyl sites for hydroxylation is 1. The molecule has 4 N–H and O–H groups in total. The number of aliphatic hydroxyl groups excluding tert-OH is 1. The summed E-state index contributed by atoms with van der Waals surface area (Å²) in [5.41, 5.74) is 2.08. The molecule has 0 aromatic heterocycles. The number of aromatic hydroxyl groups is 1. The lowest BCUT2D eigenvalue weighted by atomic mass is 9.55. The Kier molecular flexibility index (Phi) is 4.22. The highest BCUT2D eigenvalue weighted by molar-refractivity contribution is 7.84. The van der Waals surface area contributed by atoms with Crippen molar-refractivity contribution in [1.82, 2.24) is 0 Å². The lowest BCUT2D eigenvalue weighted by molar-refractivity contribution is -0.0226. The van der Waals surface area contributed by atoms with Crippen LogP contribution in [0.3, 0.4) is 0 Å². The molecule has 5 atom stereocenters. The van der Waals surface area contributed by atoms with Crippen LogP contribution < -0.4 is 9.32 Å². The Bertz CT molecular complexity index is 935. The van der Waals surface area contributed by atoms with E-state index < -0.39 is 10.3 Å². The Hall–Kier alpha value is -1.75. The van der Waals surface area contributed by atoms with Crippen LogP contribution in [0.1, 0.15) is 61.6 Å². The number of hydrogen-bond donors (Lipinski definition) is 3. The van der Waals surface area contributed by atoms with Gasteiger partial charge in [0.15, 0.2) is 5.75 Å². The Morgan fingerprint density at radius 1 is 1.33 bits per heavy atom. The fourth-order valence-corrected chi connectivity index (χ4v) is 6.44. The van der Waals surface area contributed by atoms with Crippen molar-refractivity contribution < 1.29 is 22.8 Å². The number of phenolic OH excluding ortho intramolecular Hbond substituents is 1. The molecule has 7 heteroatoms. The highest BCUT2D eigenvalue weighted by Gasteiger charge is 2.54. The first kappa shape index (κ1) is 18.6. The van der Waals surface area contributed by atoms with E-state index in [1.165, 1.54) is 0 Å². The minimum atomic E-state index is -4.31. The van der Waals surface area contributed by atoms with Gasteiger partial charge in [-0.3, -0.25) is 0 Å². The van der Waals surface area contributed by atoms with E-state index in [1.807, 2.05) is 0 Å². The van der Waals surface area contributed by atoms with E-state index in [9.17, 15) is 18.6 Å². The van der Waals surface area contributed by atoms with Crippen molar-refractivity contribution in [1.29, 1.82) is 0 Å². The fraction of sp³-hybridized carbons (Fsp3) is 0.600. The second kappa shape index (κ2) is 6.13. The van der Waals surface area contributed by atoms with E-state index in [0.717, 1.165) is 49.7 Å². The van der Waals surface area contributed by atoms with Gasteiger partial charge in [-0.05, 0) is 78.9 Å². The van der Waals surface area contributed by atoms with Gasteiger partial charge in [0, 0.05) is 0 Å². The number of nitrogens with two attached hydrogens (primary N) is 1. The summed E-state index contributed by atoms with van der Waals surface area (Å²) in [6, 6.07) is 1.56. The van der Waals surface area contributed by atoms with Gasteiger partial charge >= 0.3 is 10.3 Å². The van der Waals surface area contributed by atoms with Crippen molar-refractivity contribution in [2.24, 2.45) is 22.4 Å². The predicted octanol–water partition coefficient (Wildman–Crippen LogP) is 2.17. The minimum Gasteiger partial charge on any atom is -0.504 e. The summed E-state index contributed by atoms with van der Waals surface area (Å²) in [5, 5.41) is 25.8. The quantitative estimate of drug-likeness (QED) is 0.670. The maximum Gasteiger partial charge on any atom is 0.380 e. The van der Waals surface area contributed by atoms with Gasteiger partial charge < -0.3 is 14.4 Å². The number of benzene rings is 1. The summed E-state index contributed by atoms with van der Waals surface area (Å²) in [7, 11) is -4.31. The largest absolute Gasteiger partial charge is 0.504 e. The molecule has 0 heterocycles. The SMILES string of the molecule is C#Cc1c(OS(N)(=O)=O)c(O)cc2c1[C@H]1CC[C@]3(C)[C@@H](O)CC[C@H]3[C@@H]1CC2. The van der Waals surface area contributed by atoms with Crippen LogP contribution >= 0.6 is 0 Å². The summed E-state index contributed by atoms with van der Waals surface area (Å²) in [6.07, 6.45) is 10.8. The zero-order chi connectivity index (χ0) is 19.6. The van der Waals surface area contributed by atoms with Gasteiger partial charge in [0.05, 0.1) is 11.7 Å². The molecule has 0 bridgehead atoms. The smallest absolute Gasteiger partial charge is 0.380 e. The average molecular weight is 391 g/mol. The molecule has 0 unspecified atom stereocenters. The second-order valence-electron chi connectivity index (χ2n) is 8.45. The lowest BCUT2D eigenvalue weighted by Crippen LogP contribution is -2.44. The number of aliphatic hydroxyl groups is 1. The third-order valence-corrected chi connectivity index (χ3v) is 7.63. The van der Waals surface area contributed by atoms with E-state index in [0.29, 0.717) is 11.8 Å². The molecular weight excluding hydrogens is 366 g/mol. The third kappa shape index (κ3) is 2.82. The molecule has 2 saturated carbocycles. The first-order valence-corrected chi connectivity index (χ1v) is 10.9. The Labute approximate surface area is 160 Å². The van der Waals surface area contributed by atoms with E-state index in [1.54, 1.807) is 6.07 Å². The third-order valence-electron chi connectivity index (χ3n) is 7.23. The molecule has 0 spiro atoms. The highest BCUT2D eigenvalue weighted by atomic mass is 32.2. The van der Waals surface area contributed by atoms with Crippen LogP contribution in [0, 0.1) is 29.6 Å². The highest BCUT2D eigenvalue weighted by Crippen LogP contribution is 2.61. The molecule has 27 heavy (non-hydrogen) atoms. The molecule has 4 rings (SSSR count). The maximum absolute atomic E-state index is 11.4. The molecule has 2 fully saturated rings. The van der Waals surface area contributed by atoms with Gasteiger partial charge in [-0.1, -0.05) is 12.8 Å². The van der Waals surface area contributed by atoms with Crippen LogP contribution in [0.4, 0.5) is 0 Å². The Balaban J connectivity index is 1.82. The van der Waals surface area contributed by atoms with Crippen LogP contribution in [0.15, 0.2) is 6.07 Å². The summed E-state index contributed by atoms with van der Waals surface area (Å²) in [4.78, 5) is 0. The van der Waals surface area contributed by atoms with Gasteiger partial charge in [0.25, 0.3) is 0 Å². The van der Waals surface area contributed by atoms with Gasteiger partial charge in [0.2, 0.25) is 5.75 Å². The Morgan fingerprint density at radius 3 is 2.74 bits per heavy atom. The standard InChI is InChI=1S/C20H25NO5S/c1-3-12-18-11(10-16(22)19(12)26-27(21,24)25)4-5-13-14(18)8-9-20(2)15(13)6-7-17(20)23/h1,10,13-15,17,22-23H,4-9H2,2H3,(H2,21,24,25)/t13-,14+,15+,17+,20+/m1/s1. The van der Waals surface area contributed by atoms with Gasteiger partial charge in [-0.15, -0.1) is 6.42 Å². The molecule has 1 aromatic carbocycles. The topological polar surface area (TPSA) is 110 Å². The lowest BCUT2D eigenvalue weighted by Gasteiger charge is -2.50. The van der Waals surface area contributed by atoms with E-state index in [2.05, 4.69) is 12.8 Å². The molecule has 1 aromatic rings. The Morgan fingerprint density at radius 2 is 2.07 bits per heavy atom. The zero-order valence-electron chi connectivity index (χ0n) is 15.3. The van der Waals surface area contributed by atoms with Gasteiger partial charge in [-0.25, -0.2) is 0 Å². The normalized spacial score (nSPS) is 34.9. The first-order valence-electron chi connectivity index (χ1n) is 9.41. The number of fused-ring (bicyclic) bond motifs is 5. The molecule has 3 aliphatic rings. The van der Waals surface area contributed by atoms with E-state index >= 15 is 0 Å². The number of terminal acetylenes is 1. The predicted molar refractivity (Wildman–Crippen MR) is 100 cm³/mol. The van der Waals surface area contributed by atoms with Gasteiger partial charge in [-0.2, -0.15) is 13.6 Å². The molecule has 146 valence electrons. The van der Waals surface area contributed by atoms with Crippen molar-refractivity contribution in [3.05, 3.63) is 22.8 Å². The first-order chi connectivity index (χ1) is 12.7. The summed E-state index contributed by atoms with van der Waals surface area (Å²) < 4.78 is 27.7. The van der Waals surface area contributed by atoms with Crippen LogP contribution in [-0.2, 0) is 16.7 Å². The molecule has 6 nitrogen and oxygen atoms in total. The van der Waals surface area contributed by atoms with Gasteiger partial charge in [0.1, 0.15) is 0 Å². The fourth-order valence-electron chi connectivity index (χ4n) is 6.04. The molecule has 0 radical (unpaired) electrons. The van der Waals surface area contributed by atoms with Crippen molar-refractivity contribution in [3.8, 4) is 23.8 Å². The van der Waals surface area contributed by atoms with Crippen LogP contribution in [0.25, 0.3) is 0 Å². The molecule has 0 aliphatic heterocycles. The maximum atomic E-state index is 11.4. The zero-order valence-corrected chi connectivity index (χ0v) is 16.1. The van der Waals surface area contributed by atoms with Crippen molar-refractivity contribution in [2.45, 2.75) is 57.5 Å². The van der Waals surface area contributed by atoms with Crippen molar-refractivity contribution in [3.63, 3.8) is 0 Å². The van der Waals surface area contributed by atoms with Crippen molar-refractivity contribution in [2.75, 3.05) is 0 Å². The number of rotatable bonds is 2. The number of phenols is 1. The second-order valence-corrected chi connectivity index (χ2v) is 9.60. The van der Waals surface area contributed by atoms with Crippen molar-refractivity contribution >= 4 is 10.3 Å². The summed E-state index contributed by atoms with van der Waals surface area (Å²) >= 11 is 0. The summed E-state index contributed by atoms with van der Waals surface area (Å²) in [6.45, 7) is 2.19. The molecular formula is C20H25NO5S. The van der Waals surface area contributed by atoms with Crippen LogP contribution in [0.2, 0.25) is 0 Å². The van der Waals surface area contributed by atoms with E-state index in [-0.39, 0.29) is 34.5 Å². The summed E-state index contributed by atoms with van der Waals surface area (Å²) in [5.74, 6) is 2.97. The average Bonchev–Trinajstić information content (AvgIpc) is 2.89. The monoisotopic (exact) mass is 391 g/mol. The minimum absolute atomic E-state index is 0.0637. The molecule has 0 amide bonds. The van der Waals surface area contributed by atoms with Crippen LogP contribution in [0.5, 0.6) is 11.5 Å². The molecule has 0 saturated heterocycles. The number of hydrogen-bond acceptors (Lipinski definition) is 5.